The Balaban J connectivity index is 2.59. The molecule has 15 heavy (non-hydrogen) atoms. The maximum Gasteiger partial charge on any atom is 0.119 e. The van der Waals surface area contributed by atoms with Gasteiger partial charge in [0.05, 0.1) is 7.11 Å². The Labute approximate surface area is 92.8 Å². The van der Waals surface area contributed by atoms with Crippen molar-refractivity contribution in [1.82, 2.24) is 0 Å². The second kappa shape index (κ2) is 6.28. The van der Waals surface area contributed by atoms with E-state index in [1.165, 1.54) is 5.56 Å². The first kappa shape index (κ1) is 11.8. The third-order valence-corrected chi connectivity index (χ3v) is 2.39. The lowest BCUT2D eigenvalue weighted by molar-refractivity contribution is 0.414. The summed E-state index contributed by atoms with van der Waals surface area (Å²) in [5, 5.41) is 0. The minimum Gasteiger partial charge on any atom is -0.497 e. The molecule has 0 aliphatic rings. The molecule has 1 heteroatoms. The van der Waals surface area contributed by atoms with Crippen LogP contribution in [0.4, 0.5) is 0 Å². The van der Waals surface area contributed by atoms with E-state index in [2.05, 4.69) is 38.1 Å². The van der Waals surface area contributed by atoms with Crippen LogP contribution >= 0.6 is 0 Å². The summed E-state index contributed by atoms with van der Waals surface area (Å²) in [5.74, 6) is 1.54. The van der Waals surface area contributed by atoms with E-state index >= 15 is 0 Å². The first-order valence-electron chi connectivity index (χ1n) is 5.55. The molecule has 1 aromatic rings. The molecule has 1 atom stereocenters. The van der Waals surface area contributed by atoms with Gasteiger partial charge in [0.25, 0.3) is 0 Å². The topological polar surface area (TPSA) is 9.23 Å². The molecule has 1 unspecified atom stereocenters. The van der Waals surface area contributed by atoms with Crippen molar-refractivity contribution in [2.75, 3.05) is 7.11 Å². The second-order valence-corrected chi connectivity index (χ2v) is 3.87. The Hall–Kier alpha value is -1.24. The fraction of sp³-hybridized carbons (Fsp3) is 0.429. The van der Waals surface area contributed by atoms with E-state index in [1.54, 1.807) is 7.11 Å². The highest BCUT2D eigenvalue weighted by molar-refractivity contribution is 5.28. The SMILES string of the molecule is CC/C=C\C(C)Cc1cccc(OC)c1. The summed E-state index contributed by atoms with van der Waals surface area (Å²) in [6, 6.07) is 8.29. The predicted molar refractivity (Wildman–Crippen MR) is 65.3 cm³/mol. The summed E-state index contributed by atoms with van der Waals surface area (Å²) in [6.07, 6.45) is 6.69. The van der Waals surface area contributed by atoms with Crippen molar-refractivity contribution in [1.29, 1.82) is 0 Å². The molecule has 0 spiro atoms. The molecule has 1 rings (SSSR count). The van der Waals surface area contributed by atoms with Crippen LogP contribution in [-0.2, 0) is 6.42 Å². The summed E-state index contributed by atoms with van der Waals surface area (Å²) < 4.78 is 5.20. The van der Waals surface area contributed by atoms with E-state index < -0.39 is 0 Å². The van der Waals surface area contributed by atoms with Crippen molar-refractivity contribution in [3.63, 3.8) is 0 Å². The normalized spacial score (nSPS) is 13.0. The van der Waals surface area contributed by atoms with E-state index in [0.29, 0.717) is 5.92 Å². The first-order valence-corrected chi connectivity index (χ1v) is 5.55. The highest BCUT2D eigenvalue weighted by Crippen LogP contribution is 2.16. The molecular weight excluding hydrogens is 184 g/mol. The summed E-state index contributed by atoms with van der Waals surface area (Å²) in [5.41, 5.74) is 1.34. The molecular formula is C14H20O. The van der Waals surface area contributed by atoms with Gasteiger partial charge in [0.2, 0.25) is 0 Å². The van der Waals surface area contributed by atoms with Crippen molar-refractivity contribution in [2.45, 2.75) is 26.7 Å². The first-order chi connectivity index (χ1) is 7.26. The molecule has 0 amide bonds. The van der Waals surface area contributed by atoms with Crippen molar-refractivity contribution in [2.24, 2.45) is 5.92 Å². The monoisotopic (exact) mass is 204 g/mol. The highest BCUT2D eigenvalue weighted by atomic mass is 16.5. The molecule has 0 N–H and O–H groups in total. The summed E-state index contributed by atoms with van der Waals surface area (Å²) in [7, 11) is 1.71. The lowest BCUT2D eigenvalue weighted by atomic mass is 10.0. The zero-order valence-electron chi connectivity index (χ0n) is 9.86. The Bertz CT molecular complexity index is 315. The average Bonchev–Trinajstić information content (AvgIpc) is 2.26. The van der Waals surface area contributed by atoms with Crippen molar-refractivity contribution < 1.29 is 4.74 Å². The average molecular weight is 204 g/mol. The van der Waals surface area contributed by atoms with Gasteiger partial charge in [-0.05, 0) is 36.5 Å². The Morgan fingerprint density at radius 1 is 1.40 bits per heavy atom. The minimum absolute atomic E-state index is 0.594. The quantitative estimate of drug-likeness (QED) is 0.662. The molecule has 82 valence electrons. The van der Waals surface area contributed by atoms with Gasteiger partial charge in [-0.25, -0.2) is 0 Å². The van der Waals surface area contributed by atoms with Gasteiger partial charge >= 0.3 is 0 Å². The van der Waals surface area contributed by atoms with Crippen LogP contribution in [-0.4, -0.2) is 7.11 Å². The Morgan fingerprint density at radius 3 is 2.87 bits per heavy atom. The number of benzene rings is 1. The molecule has 0 heterocycles. The molecule has 0 fully saturated rings. The second-order valence-electron chi connectivity index (χ2n) is 3.87. The van der Waals surface area contributed by atoms with Gasteiger partial charge in [-0.3, -0.25) is 0 Å². The number of hydrogen-bond donors (Lipinski definition) is 0. The van der Waals surface area contributed by atoms with Gasteiger partial charge < -0.3 is 4.74 Å². The van der Waals surface area contributed by atoms with Crippen LogP contribution < -0.4 is 4.74 Å². The summed E-state index contributed by atoms with van der Waals surface area (Å²) in [6.45, 7) is 4.40. The Morgan fingerprint density at radius 2 is 2.20 bits per heavy atom. The maximum atomic E-state index is 5.20. The van der Waals surface area contributed by atoms with Crippen molar-refractivity contribution in [3.05, 3.63) is 42.0 Å². The maximum absolute atomic E-state index is 5.20. The Kier molecular flexibility index (Phi) is 4.96. The molecule has 1 nitrogen and oxygen atoms in total. The molecule has 0 aliphatic carbocycles. The van der Waals surface area contributed by atoms with Gasteiger partial charge in [-0.1, -0.05) is 38.1 Å². The van der Waals surface area contributed by atoms with Crippen LogP contribution in [0.1, 0.15) is 25.8 Å². The number of allylic oxidation sites excluding steroid dienone is 2. The predicted octanol–water partition coefficient (Wildman–Crippen LogP) is 3.84. The van der Waals surface area contributed by atoms with Gasteiger partial charge in [-0.2, -0.15) is 0 Å². The summed E-state index contributed by atoms with van der Waals surface area (Å²) in [4.78, 5) is 0. The minimum atomic E-state index is 0.594. The van der Waals surface area contributed by atoms with Gasteiger partial charge in [0.15, 0.2) is 0 Å². The number of hydrogen-bond acceptors (Lipinski definition) is 1. The number of methoxy groups -OCH3 is 1. The number of ether oxygens (including phenoxy) is 1. The zero-order valence-corrected chi connectivity index (χ0v) is 9.86. The van der Waals surface area contributed by atoms with E-state index in [9.17, 15) is 0 Å². The van der Waals surface area contributed by atoms with Crippen LogP contribution in [0.5, 0.6) is 5.75 Å². The fourth-order valence-corrected chi connectivity index (χ4v) is 1.61. The van der Waals surface area contributed by atoms with Gasteiger partial charge in [0, 0.05) is 0 Å². The molecule has 0 aromatic heterocycles. The molecule has 0 aliphatic heterocycles. The summed E-state index contributed by atoms with van der Waals surface area (Å²) >= 11 is 0. The highest BCUT2D eigenvalue weighted by Gasteiger charge is 2.00. The van der Waals surface area contributed by atoms with Crippen LogP contribution in [0.2, 0.25) is 0 Å². The van der Waals surface area contributed by atoms with Crippen molar-refractivity contribution in [3.8, 4) is 5.75 Å². The molecule has 0 saturated heterocycles. The van der Waals surface area contributed by atoms with E-state index in [0.717, 1.165) is 18.6 Å². The van der Waals surface area contributed by atoms with E-state index in [-0.39, 0.29) is 0 Å². The molecule has 1 aromatic carbocycles. The van der Waals surface area contributed by atoms with Gasteiger partial charge in [-0.15, -0.1) is 0 Å². The van der Waals surface area contributed by atoms with Gasteiger partial charge in [0.1, 0.15) is 5.75 Å². The smallest absolute Gasteiger partial charge is 0.119 e. The third kappa shape index (κ3) is 4.20. The van der Waals surface area contributed by atoms with E-state index in [4.69, 9.17) is 4.74 Å². The zero-order chi connectivity index (χ0) is 11.1. The van der Waals surface area contributed by atoms with Crippen LogP contribution in [0.15, 0.2) is 36.4 Å². The largest absolute Gasteiger partial charge is 0.497 e. The van der Waals surface area contributed by atoms with Crippen LogP contribution in [0, 0.1) is 5.92 Å². The molecule has 0 radical (unpaired) electrons. The lowest BCUT2D eigenvalue weighted by Crippen LogP contribution is -1.96. The third-order valence-electron chi connectivity index (χ3n) is 2.39. The molecule has 0 bridgehead atoms. The standard InChI is InChI=1S/C14H20O/c1-4-5-7-12(2)10-13-8-6-9-14(11-13)15-3/h5-9,11-12H,4,10H2,1-3H3/b7-5-. The fourth-order valence-electron chi connectivity index (χ4n) is 1.61. The van der Waals surface area contributed by atoms with Crippen molar-refractivity contribution >= 4 is 0 Å². The number of rotatable bonds is 5. The van der Waals surface area contributed by atoms with E-state index in [1.807, 2.05) is 12.1 Å². The van der Waals surface area contributed by atoms with Crippen LogP contribution in [0.3, 0.4) is 0 Å². The molecule has 0 saturated carbocycles. The van der Waals surface area contributed by atoms with Crippen LogP contribution in [0.25, 0.3) is 0 Å². The lowest BCUT2D eigenvalue weighted by Gasteiger charge is -2.07.